The number of pyridine rings is 1. The molecular formula is C25H21F3N6. The molecule has 4 aromatic rings. The number of halogens is 3. The summed E-state index contributed by atoms with van der Waals surface area (Å²) in [6, 6.07) is 5.69. The summed E-state index contributed by atoms with van der Waals surface area (Å²) < 4.78 is 43.7. The summed E-state index contributed by atoms with van der Waals surface area (Å²) in [6.07, 6.45) is 3.70. The predicted molar refractivity (Wildman–Crippen MR) is 122 cm³/mol. The van der Waals surface area contributed by atoms with Crippen LogP contribution in [0.2, 0.25) is 0 Å². The van der Waals surface area contributed by atoms with E-state index in [1.165, 1.54) is 6.20 Å². The van der Waals surface area contributed by atoms with Crippen molar-refractivity contribution in [3.8, 4) is 11.8 Å². The van der Waals surface area contributed by atoms with Crippen LogP contribution in [-0.4, -0.2) is 37.5 Å². The largest absolute Gasteiger partial charge is 0.325 e. The fraction of sp³-hybridized carbons (Fsp3) is 0.360. The average Bonchev–Trinajstić information content (AvgIpc) is 3.58. The molecule has 0 amide bonds. The van der Waals surface area contributed by atoms with E-state index >= 15 is 4.39 Å². The van der Waals surface area contributed by atoms with Gasteiger partial charge in [-0.2, -0.15) is 4.98 Å². The summed E-state index contributed by atoms with van der Waals surface area (Å²) in [5, 5.41) is 8.61. The molecule has 6 rings (SSSR count). The van der Waals surface area contributed by atoms with Crippen molar-refractivity contribution >= 4 is 28.2 Å². The fourth-order valence-electron chi connectivity index (χ4n) is 4.71. The molecule has 1 saturated carbocycles. The van der Waals surface area contributed by atoms with Crippen LogP contribution in [0.25, 0.3) is 16.7 Å². The van der Waals surface area contributed by atoms with Gasteiger partial charge in [0.1, 0.15) is 11.6 Å². The lowest BCUT2D eigenvalue weighted by atomic mass is 9.99. The van der Waals surface area contributed by atoms with E-state index in [-0.39, 0.29) is 0 Å². The summed E-state index contributed by atoms with van der Waals surface area (Å²) in [7, 11) is 0. The predicted octanol–water partition coefficient (Wildman–Crippen LogP) is 4.99. The summed E-state index contributed by atoms with van der Waals surface area (Å²) in [5.41, 5.74) is 1.94. The Morgan fingerprint density at radius 2 is 1.97 bits per heavy atom. The number of hydrogen-bond donors (Lipinski definition) is 0. The normalized spacial score (nSPS) is 16.9. The second kappa shape index (κ2) is 7.69. The molecule has 1 aliphatic carbocycles. The van der Waals surface area contributed by atoms with Gasteiger partial charge in [0.15, 0.2) is 5.82 Å². The number of rotatable bonds is 2. The molecular weight excluding hydrogens is 441 g/mol. The quantitative estimate of drug-likeness (QED) is 0.393. The number of aryl methyl sites for hydroxylation is 1. The minimum Gasteiger partial charge on any atom is -0.325 e. The lowest BCUT2D eigenvalue weighted by molar-refractivity contribution is 0.0921. The average molecular weight is 462 g/mol. The molecule has 3 aromatic heterocycles. The highest BCUT2D eigenvalue weighted by atomic mass is 19.3. The first-order valence-corrected chi connectivity index (χ1v) is 11.3. The highest BCUT2D eigenvalue weighted by molar-refractivity contribution is 5.94. The molecule has 2 aliphatic rings. The van der Waals surface area contributed by atoms with Crippen LogP contribution >= 0.6 is 0 Å². The molecule has 1 fully saturated rings. The van der Waals surface area contributed by atoms with E-state index in [9.17, 15) is 8.78 Å². The molecule has 1 aliphatic heterocycles. The Morgan fingerprint density at radius 3 is 2.76 bits per heavy atom. The molecule has 0 unspecified atom stereocenters. The molecule has 34 heavy (non-hydrogen) atoms. The minimum absolute atomic E-state index is 0.337. The zero-order valence-corrected chi connectivity index (χ0v) is 18.5. The van der Waals surface area contributed by atoms with Crippen molar-refractivity contribution in [2.45, 2.75) is 45.5 Å². The third-order valence-corrected chi connectivity index (χ3v) is 6.77. The van der Waals surface area contributed by atoms with Gasteiger partial charge in [-0.15, -0.1) is 10.2 Å². The van der Waals surface area contributed by atoms with Gasteiger partial charge in [0, 0.05) is 17.8 Å². The Labute approximate surface area is 193 Å². The number of benzene rings is 1. The van der Waals surface area contributed by atoms with E-state index in [0.717, 1.165) is 36.1 Å². The van der Waals surface area contributed by atoms with Crippen LogP contribution in [0.3, 0.4) is 0 Å². The molecule has 0 N–H and O–H groups in total. The van der Waals surface area contributed by atoms with Crippen molar-refractivity contribution < 1.29 is 13.2 Å². The highest BCUT2D eigenvalue weighted by Gasteiger charge is 2.50. The van der Waals surface area contributed by atoms with Gasteiger partial charge in [-0.3, -0.25) is 9.38 Å². The topological polar surface area (TPSA) is 59.2 Å². The van der Waals surface area contributed by atoms with Crippen LogP contribution in [0.4, 0.5) is 24.7 Å². The Bertz CT molecular complexity index is 1500. The van der Waals surface area contributed by atoms with Crippen LogP contribution in [0, 0.1) is 30.0 Å². The van der Waals surface area contributed by atoms with Crippen molar-refractivity contribution in [1.29, 1.82) is 0 Å². The summed E-state index contributed by atoms with van der Waals surface area (Å²) in [6.45, 7) is 2.40. The molecule has 0 radical (unpaired) electrons. The lowest BCUT2D eigenvalue weighted by Crippen LogP contribution is -2.21. The number of hydrogen-bond acceptors (Lipinski definition) is 5. The number of alkyl halides is 2. The molecule has 4 heterocycles. The first kappa shape index (κ1) is 20.9. The van der Waals surface area contributed by atoms with Crippen molar-refractivity contribution in [1.82, 2.24) is 24.6 Å². The molecule has 9 heteroatoms. The first-order chi connectivity index (χ1) is 16.5. The van der Waals surface area contributed by atoms with Crippen LogP contribution in [0.5, 0.6) is 0 Å². The van der Waals surface area contributed by atoms with E-state index in [1.807, 2.05) is 23.1 Å². The summed E-state index contributed by atoms with van der Waals surface area (Å²) >= 11 is 0. The maximum Gasteiger partial charge on any atom is 0.257 e. The Hall–Kier alpha value is -3.67. The van der Waals surface area contributed by atoms with Gasteiger partial charge in [-0.05, 0) is 56.7 Å². The number of aromatic nitrogens is 5. The van der Waals surface area contributed by atoms with E-state index in [4.69, 9.17) is 4.98 Å². The van der Waals surface area contributed by atoms with Gasteiger partial charge in [-0.1, -0.05) is 17.9 Å². The second-order valence-corrected chi connectivity index (χ2v) is 8.95. The molecule has 0 atom stereocenters. The van der Waals surface area contributed by atoms with Gasteiger partial charge in [0.2, 0.25) is 0 Å². The smallest absolute Gasteiger partial charge is 0.257 e. The van der Waals surface area contributed by atoms with Gasteiger partial charge in [-0.25, -0.2) is 13.2 Å². The number of fused-ring (bicyclic) bond motifs is 4. The van der Waals surface area contributed by atoms with E-state index in [1.54, 1.807) is 17.5 Å². The Morgan fingerprint density at radius 1 is 1.12 bits per heavy atom. The van der Waals surface area contributed by atoms with Crippen LogP contribution in [0.1, 0.15) is 42.6 Å². The van der Waals surface area contributed by atoms with Crippen LogP contribution < -0.4 is 4.90 Å². The van der Waals surface area contributed by atoms with E-state index < -0.39 is 17.7 Å². The molecule has 0 bridgehead atoms. The zero-order chi connectivity index (χ0) is 23.4. The van der Waals surface area contributed by atoms with Crippen molar-refractivity contribution in [2.75, 3.05) is 11.4 Å². The van der Waals surface area contributed by atoms with Crippen LogP contribution in [0.15, 0.2) is 30.6 Å². The summed E-state index contributed by atoms with van der Waals surface area (Å²) in [5.74, 6) is 6.81. The second-order valence-electron chi connectivity index (χ2n) is 8.95. The minimum atomic E-state index is -2.44. The molecule has 1 aromatic carbocycles. The Balaban J connectivity index is 1.55. The maximum atomic E-state index is 15.2. The SMILES string of the molecule is Cc1nnc2nc(N3CCCCc4c(C#CC5(C(F)F)CC5)cccc43)c3c(F)cncc3n12. The van der Waals surface area contributed by atoms with Crippen LogP contribution in [-0.2, 0) is 6.42 Å². The van der Waals surface area contributed by atoms with E-state index in [2.05, 4.69) is 27.0 Å². The Kier molecular flexibility index (Phi) is 4.73. The van der Waals surface area contributed by atoms with Crippen molar-refractivity contribution in [3.05, 3.63) is 53.4 Å². The monoisotopic (exact) mass is 462 g/mol. The molecule has 6 nitrogen and oxygen atoms in total. The maximum absolute atomic E-state index is 15.2. The van der Waals surface area contributed by atoms with Crippen molar-refractivity contribution in [2.24, 2.45) is 5.41 Å². The third kappa shape index (κ3) is 3.20. The first-order valence-electron chi connectivity index (χ1n) is 11.3. The van der Waals surface area contributed by atoms with Gasteiger partial charge < -0.3 is 4.90 Å². The third-order valence-electron chi connectivity index (χ3n) is 6.77. The van der Waals surface area contributed by atoms with E-state index in [0.29, 0.717) is 47.7 Å². The van der Waals surface area contributed by atoms with Gasteiger partial charge >= 0.3 is 0 Å². The van der Waals surface area contributed by atoms with Crippen molar-refractivity contribution in [3.63, 3.8) is 0 Å². The summed E-state index contributed by atoms with van der Waals surface area (Å²) in [4.78, 5) is 10.7. The fourth-order valence-corrected chi connectivity index (χ4v) is 4.71. The van der Waals surface area contributed by atoms with Gasteiger partial charge in [0.25, 0.3) is 12.2 Å². The zero-order valence-electron chi connectivity index (χ0n) is 18.5. The molecule has 172 valence electrons. The number of anilines is 2. The molecule has 0 saturated heterocycles. The highest BCUT2D eigenvalue weighted by Crippen LogP contribution is 2.50. The molecule has 0 spiro atoms. The lowest BCUT2D eigenvalue weighted by Gasteiger charge is -2.26. The number of nitrogens with zero attached hydrogens (tertiary/aromatic N) is 6. The standard InChI is InChI=1S/C25H21F3N6/c1-15-31-32-24-30-22(21-18(26)13-29-14-20(21)34(15)24)33-12-3-2-6-17-16(5-4-7-19(17)33)8-9-25(10-11-25)23(27)28/h4-5,7,13-14,23H,2-3,6,10-12H2,1H3. The van der Waals surface area contributed by atoms with Gasteiger partial charge in [0.05, 0.1) is 28.7 Å².